The summed E-state index contributed by atoms with van der Waals surface area (Å²) in [7, 11) is 1.95. The van der Waals surface area contributed by atoms with Gasteiger partial charge in [0.25, 0.3) is 0 Å². The Kier molecular flexibility index (Phi) is 4.96. The lowest BCUT2D eigenvalue weighted by atomic mass is 10.0. The van der Waals surface area contributed by atoms with E-state index >= 15 is 0 Å². The Morgan fingerprint density at radius 1 is 1.50 bits per heavy atom. The van der Waals surface area contributed by atoms with Crippen LogP contribution in [0.2, 0.25) is 0 Å². The second-order valence-corrected chi connectivity index (χ2v) is 4.70. The van der Waals surface area contributed by atoms with Crippen LogP contribution in [0.25, 0.3) is 0 Å². The van der Waals surface area contributed by atoms with E-state index in [-0.39, 0.29) is 6.10 Å². The van der Waals surface area contributed by atoms with E-state index in [1.165, 1.54) is 11.3 Å². The summed E-state index contributed by atoms with van der Waals surface area (Å²) in [6.07, 6.45) is 2.54. The molecular weight excluding hydrogens is 202 g/mol. The van der Waals surface area contributed by atoms with Crippen molar-refractivity contribution in [2.24, 2.45) is 13.0 Å². The molecular formula is C12H23N3O. The maximum Gasteiger partial charge on any atom is 0.0537 e. The standard InChI is InChI=1S/C12H23N3O/c1-9(5-10(2)16)6-13-7-12-8-14-15(4)11(12)3/h8-10,13,16H,5-7H2,1-4H3. The van der Waals surface area contributed by atoms with E-state index < -0.39 is 0 Å². The number of rotatable bonds is 6. The normalized spacial score (nSPS) is 15.1. The molecule has 0 bridgehead atoms. The molecule has 1 heterocycles. The summed E-state index contributed by atoms with van der Waals surface area (Å²) >= 11 is 0. The van der Waals surface area contributed by atoms with E-state index in [2.05, 4.69) is 24.3 Å². The van der Waals surface area contributed by atoms with Crippen LogP contribution in [0.5, 0.6) is 0 Å². The lowest BCUT2D eigenvalue weighted by Gasteiger charge is -2.14. The minimum atomic E-state index is -0.211. The summed E-state index contributed by atoms with van der Waals surface area (Å²) < 4.78 is 1.89. The summed E-state index contributed by atoms with van der Waals surface area (Å²) in [6, 6.07) is 0. The third kappa shape index (κ3) is 3.94. The Labute approximate surface area is 97.7 Å². The maximum absolute atomic E-state index is 9.25. The van der Waals surface area contributed by atoms with Gasteiger partial charge >= 0.3 is 0 Å². The van der Waals surface area contributed by atoms with Crippen molar-refractivity contribution in [1.29, 1.82) is 0 Å². The van der Waals surface area contributed by atoms with Crippen molar-refractivity contribution >= 4 is 0 Å². The van der Waals surface area contributed by atoms with Crippen molar-refractivity contribution in [3.05, 3.63) is 17.5 Å². The molecule has 2 atom stereocenters. The number of nitrogens with zero attached hydrogens (tertiary/aromatic N) is 2. The fourth-order valence-electron chi connectivity index (χ4n) is 1.84. The van der Waals surface area contributed by atoms with Crippen LogP contribution in [0.3, 0.4) is 0 Å². The van der Waals surface area contributed by atoms with Gasteiger partial charge in [0.05, 0.1) is 12.3 Å². The lowest BCUT2D eigenvalue weighted by molar-refractivity contribution is 0.163. The third-order valence-electron chi connectivity index (χ3n) is 2.89. The average molecular weight is 225 g/mol. The van der Waals surface area contributed by atoms with Gasteiger partial charge in [-0.25, -0.2) is 0 Å². The summed E-state index contributed by atoms with van der Waals surface area (Å²) in [5.74, 6) is 0.497. The molecule has 0 saturated heterocycles. The molecule has 4 nitrogen and oxygen atoms in total. The van der Waals surface area contributed by atoms with Crippen molar-refractivity contribution < 1.29 is 5.11 Å². The van der Waals surface area contributed by atoms with Gasteiger partial charge in [-0.3, -0.25) is 4.68 Å². The SMILES string of the molecule is Cc1c(CNCC(C)CC(C)O)cnn1C. The van der Waals surface area contributed by atoms with E-state index in [0.29, 0.717) is 5.92 Å². The molecule has 0 saturated carbocycles. The quantitative estimate of drug-likeness (QED) is 0.765. The average Bonchev–Trinajstić information content (AvgIpc) is 2.48. The zero-order valence-corrected chi connectivity index (χ0v) is 10.7. The van der Waals surface area contributed by atoms with Crippen LogP contribution in [0.1, 0.15) is 31.5 Å². The maximum atomic E-state index is 9.25. The molecule has 2 N–H and O–H groups in total. The topological polar surface area (TPSA) is 50.1 Å². The van der Waals surface area contributed by atoms with Crippen molar-refractivity contribution in [2.45, 2.75) is 39.8 Å². The highest BCUT2D eigenvalue weighted by atomic mass is 16.3. The van der Waals surface area contributed by atoms with Crippen LogP contribution in [-0.4, -0.2) is 27.5 Å². The van der Waals surface area contributed by atoms with Gasteiger partial charge in [0.2, 0.25) is 0 Å². The predicted octanol–water partition coefficient (Wildman–Crippen LogP) is 1.23. The first-order valence-electron chi connectivity index (χ1n) is 5.87. The van der Waals surface area contributed by atoms with Crippen LogP contribution in [0.15, 0.2) is 6.20 Å². The zero-order valence-electron chi connectivity index (χ0n) is 10.7. The smallest absolute Gasteiger partial charge is 0.0537 e. The number of aliphatic hydroxyl groups is 1. The largest absolute Gasteiger partial charge is 0.393 e. The molecule has 4 heteroatoms. The highest BCUT2D eigenvalue weighted by Gasteiger charge is 2.07. The number of aliphatic hydroxyl groups excluding tert-OH is 1. The van der Waals surface area contributed by atoms with Crippen molar-refractivity contribution in [2.75, 3.05) is 6.54 Å². The molecule has 0 aliphatic carbocycles. The van der Waals surface area contributed by atoms with Gasteiger partial charge in [-0.1, -0.05) is 6.92 Å². The van der Waals surface area contributed by atoms with Gasteiger partial charge < -0.3 is 10.4 Å². The predicted molar refractivity (Wildman–Crippen MR) is 65.1 cm³/mol. The summed E-state index contributed by atoms with van der Waals surface area (Å²) in [6.45, 7) is 7.84. The molecule has 1 rings (SSSR count). The van der Waals surface area contributed by atoms with Gasteiger partial charge in [-0.15, -0.1) is 0 Å². The molecule has 0 aliphatic heterocycles. The third-order valence-corrected chi connectivity index (χ3v) is 2.89. The molecule has 0 aromatic carbocycles. The molecule has 16 heavy (non-hydrogen) atoms. The second kappa shape index (κ2) is 6.01. The fourth-order valence-corrected chi connectivity index (χ4v) is 1.84. The first-order valence-corrected chi connectivity index (χ1v) is 5.87. The summed E-state index contributed by atoms with van der Waals surface area (Å²) in [5, 5.41) is 16.8. The van der Waals surface area contributed by atoms with Gasteiger partial charge in [-0.2, -0.15) is 5.10 Å². The van der Waals surface area contributed by atoms with Gasteiger partial charge in [-0.05, 0) is 32.7 Å². The molecule has 1 aromatic heterocycles. The van der Waals surface area contributed by atoms with Crippen LogP contribution >= 0.6 is 0 Å². The fraction of sp³-hybridized carbons (Fsp3) is 0.750. The highest BCUT2D eigenvalue weighted by molar-refractivity contribution is 5.15. The summed E-state index contributed by atoms with van der Waals surface area (Å²) in [4.78, 5) is 0. The molecule has 0 aliphatic rings. The van der Waals surface area contributed by atoms with Crippen LogP contribution < -0.4 is 5.32 Å². The van der Waals surface area contributed by atoms with Crippen molar-refractivity contribution in [3.63, 3.8) is 0 Å². The van der Waals surface area contributed by atoms with Crippen LogP contribution in [0.4, 0.5) is 0 Å². The number of hydrogen-bond donors (Lipinski definition) is 2. The number of nitrogens with one attached hydrogen (secondary N) is 1. The van der Waals surface area contributed by atoms with E-state index in [1.54, 1.807) is 0 Å². The molecule has 0 radical (unpaired) electrons. The van der Waals surface area contributed by atoms with Crippen molar-refractivity contribution in [3.8, 4) is 0 Å². The van der Waals surface area contributed by atoms with Gasteiger partial charge in [0.1, 0.15) is 0 Å². The minimum Gasteiger partial charge on any atom is -0.393 e. The molecule has 2 unspecified atom stereocenters. The Morgan fingerprint density at radius 2 is 2.19 bits per heavy atom. The van der Waals surface area contributed by atoms with E-state index in [9.17, 15) is 5.11 Å². The molecule has 0 amide bonds. The van der Waals surface area contributed by atoms with E-state index in [0.717, 1.165) is 19.5 Å². The Balaban J connectivity index is 2.28. The minimum absolute atomic E-state index is 0.211. The van der Waals surface area contributed by atoms with Crippen molar-refractivity contribution in [1.82, 2.24) is 15.1 Å². The lowest BCUT2D eigenvalue weighted by Crippen LogP contribution is -2.23. The van der Waals surface area contributed by atoms with E-state index in [1.807, 2.05) is 24.9 Å². The highest BCUT2D eigenvalue weighted by Crippen LogP contribution is 2.07. The second-order valence-electron chi connectivity index (χ2n) is 4.70. The number of aryl methyl sites for hydroxylation is 1. The van der Waals surface area contributed by atoms with Crippen LogP contribution in [0, 0.1) is 12.8 Å². The molecule has 1 aromatic rings. The van der Waals surface area contributed by atoms with Crippen LogP contribution in [-0.2, 0) is 13.6 Å². The van der Waals surface area contributed by atoms with Gasteiger partial charge in [0.15, 0.2) is 0 Å². The Bertz CT molecular complexity index is 320. The van der Waals surface area contributed by atoms with Gasteiger partial charge in [0, 0.05) is 24.8 Å². The number of aromatic nitrogens is 2. The Hall–Kier alpha value is -0.870. The first kappa shape index (κ1) is 13.2. The zero-order chi connectivity index (χ0) is 12.1. The first-order chi connectivity index (χ1) is 7.50. The van der Waals surface area contributed by atoms with E-state index in [4.69, 9.17) is 0 Å². The monoisotopic (exact) mass is 225 g/mol. The number of hydrogen-bond acceptors (Lipinski definition) is 3. The Morgan fingerprint density at radius 3 is 2.69 bits per heavy atom. The summed E-state index contributed by atoms with van der Waals surface area (Å²) in [5.41, 5.74) is 2.45. The molecule has 92 valence electrons. The molecule has 0 spiro atoms. The molecule has 0 fully saturated rings.